The van der Waals surface area contributed by atoms with E-state index in [1.807, 2.05) is 33.8 Å². The van der Waals surface area contributed by atoms with Crippen LogP contribution in [-0.2, 0) is 12.8 Å². The van der Waals surface area contributed by atoms with E-state index in [9.17, 15) is 20.4 Å². The zero-order valence-corrected chi connectivity index (χ0v) is 21.2. The lowest BCUT2D eigenvalue weighted by Gasteiger charge is -2.33. The van der Waals surface area contributed by atoms with Crippen LogP contribution in [0.5, 0.6) is 23.0 Å². The molecule has 0 unspecified atom stereocenters. The lowest BCUT2D eigenvalue weighted by atomic mass is 9.90. The number of fused-ring (bicyclic) bond motifs is 3. The number of phenolic OH excluding ortho intramolecular Hbond substituents is 3. The van der Waals surface area contributed by atoms with Crippen LogP contribution in [0.4, 0.5) is 0 Å². The molecule has 0 fully saturated rings. The fraction of sp³-hybridized carbons (Fsp3) is 0.448. The van der Waals surface area contributed by atoms with Gasteiger partial charge in [0.2, 0.25) is 0 Å². The lowest BCUT2D eigenvalue weighted by Crippen LogP contribution is -2.32. The van der Waals surface area contributed by atoms with Gasteiger partial charge in [-0.3, -0.25) is 0 Å². The van der Waals surface area contributed by atoms with Gasteiger partial charge in [0.15, 0.2) is 11.5 Å². The minimum Gasteiger partial charge on any atom is -0.508 e. The Morgan fingerprint density at radius 2 is 1.77 bits per heavy atom. The molecule has 0 amide bonds. The molecule has 3 aromatic rings. The average Bonchev–Trinajstić information content (AvgIpc) is 3.17. The summed E-state index contributed by atoms with van der Waals surface area (Å²) in [5.74, 6) is 0.986. The number of aliphatic hydroxyl groups is 1. The van der Waals surface area contributed by atoms with Crippen LogP contribution in [0.3, 0.4) is 0 Å². The van der Waals surface area contributed by atoms with Gasteiger partial charge >= 0.3 is 0 Å². The fourth-order valence-corrected chi connectivity index (χ4v) is 4.71. The Balaban J connectivity index is 1.77. The molecular weight excluding hydrogens is 444 g/mol. The van der Waals surface area contributed by atoms with Gasteiger partial charge < -0.3 is 29.6 Å². The van der Waals surface area contributed by atoms with Gasteiger partial charge in [-0.25, -0.2) is 0 Å². The summed E-state index contributed by atoms with van der Waals surface area (Å²) < 4.78 is 12.5. The summed E-state index contributed by atoms with van der Waals surface area (Å²) in [4.78, 5) is 0. The predicted molar refractivity (Wildman–Crippen MR) is 137 cm³/mol. The number of rotatable bonds is 7. The highest BCUT2D eigenvalue weighted by Crippen LogP contribution is 2.49. The first kappa shape index (κ1) is 25.0. The van der Waals surface area contributed by atoms with Crippen molar-refractivity contribution in [2.24, 2.45) is 0 Å². The number of phenols is 3. The van der Waals surface area contributed by atoms with Crippen LogP contribution in [0, 0.1) is 0 Å². The number of furan rings is 1. The van der Waals surface area contributed by atoms with Gasteiger partial charge in [-0.2, -0.15) is 0 Å². The van der Waals surface area contributed by atoms with E-state index in [2.05, 4.69) is 13.0 Å². The maximum Gasteiger partial charge on any atom is 0.166 e. The quantitative estimate of drug-likeness (QED) is 0.279. The summed E-state index contributed by atoms with van der Waals surface area (Å²) in [6.45, 7) is 9.72. The van der Waals surface area contributed by atoms with E-state index in [4.69, 9.17) is 9.15 Å². The summed E-state index contributed by atoms with van der Waals surface area (Å²) >= 11 is 0. The summed E-state index contributed by atoms with van der Waals surface area (Å²) in [7, 11) is 0. The molecule has 0 radical (unpaired) electrons. The Kier molecular flexibility index (Phi) is 6.54. The van der Waals surface area contributed by atoms with Gasteiger partial charge in [-0.1, -0.05) is 11.6 Å². The first-order chi connectivity index (χ1) is 16.3. The number of hydrogen-bond donors (Lipinski definition) is 4. The number of hydrogen-bond acceptors (Lipinski definition) is 6. The van der Waals surface area contributed by atoms with E-state index in [0.29, 0.717) is 41.1 Å². The highest BCUT2D eigenvalue weighted by molar-refractivity contribution is 5.93. The zero-order valence-electron chi connectivity index (χ0n) is 21.2. The molecule has 1 aliphatic heterocycles. The summed E-state index contributed by atoms with van der Waals surface area (Å²) in [6, 6.07) is 6.24. The number of allylic oxidation sites excluding steroid dienone is 2. The molecule has 2 aromatic carbocycles. The van der Waals surface area contributed by atoms with Crippen molar-refractivity contribution in [2.45, 2.75) is 84.3 Å². The molecule has 2 heterocycles. The van der Waals surface area contributed by atoms with E-state index < -0.39 is 5.60 Å². The molecule has 0 spiro atoms. The standard InChI is InChI=1S/C29H36O6/c1-17(7-6-11-28(2,3)33)8-9-22-25(32)27-21(10-12-29(4,5)35-27)23-16-24(34-26(22)23)18-13-19(30)15-20(31)14-18/h8,13-16,30-33H,6-7,9-12H2,1-5H3. The van der Waals surface area contributed by atoms with Gasteiger partial charge in [0.25, 0.3) is 0 Å². The third-order valence-corrected chi connectivity index (χ3v) is 6.66. The molecule has 0 aliphatic carbocycles. The Morgan fingerprint density at radius 3 is 2.43 bits per heavy atom. The molecule has 4 N–H and O–H groups in total. The molecule has 0 saturated heterocycles. The molecule has 0 atom stereocenters. The van der Waals surface area contributed by atoms with Crippen molar-refractivity contribution in [1.82, 2.24) is 0 Å². The Morgan fingerprint density at radius 1 is 1.09 bits per heavy atom. The number of aromatic hydroxyl groups is 3. The van der Waals surface area contributed by atoms with E-state index in [-0.39, 0.29) is 22.8 Å². The van der Waals surface area contributed by atoms with Crippen LogP contribution in [0.2, 0.25) is 0 Å². The van der Waals surface area contributed by atoms with Crippen molar-refractivity contribution >= 4 is 11.0 Å². The first-order valence-corrected chi connectivity index (χ1v) is 12.2. The second-order valence-electron chi connectivity index (χ2n) is 11.0. The van der Waals surface area contributed by atoms with Crippen molar-refractivity contribution < 1.29 is 29.6 Å². The van der Waals surface area contributed by atoms with Crippen LogP contribution in [0.15, 0.2) is 40.3 Å². The predicted octanol–water partition coefficient (Wildman–Crippen LogP) is 6.75. The van der Waals surface area contributed by atoms with Gasteiger partial charge in [0, 0.05) is 28.1 Å². The van der Waals surface area contributed by atoms with E-state index in [0.717, 1.165) is 36.6 Å². The number of benzene rings is 2. The Bertz CT molecular complexity index is 1250. The molecule has 1 aliphatic rings. The molecule has 0 saturated carbocycles. The largest absolute Gasteiger partial charge is 0.508 e. The lowest BCUT2D eigenvalue weighted by molar-refractivity contribution is 0.0689. The second kappa shape index (κ2) is 9.15. The molecule has 188 valence electrons. The highest BCUT2D eigenvalue weighted by Gasteiger charge is 2.33. The minimum absolute atomic E-state index is 0.0553. The normalized spacial score (nSPS) is 15.8. The van der Waals surface area contributed by atoms with Crippen LogP contribution in [0.25, 0.3) is 22.3 Å². The van der Waals surface area contributed by atoms with Crippen LogP contribution >= 0.6 is 0 Å². The number of aryl methyl sites for hydroxylation is 1. The average molecular weight is 481 g/mol. The number of ether oxygens (including phenoxy) is 1. The summed E-state index contributed by atoms with van der Waals surface area (Å²) in [5, 5.41) is 42.1. The first-order valence-electron chi connectivity index (χ1n) is 12.2. The molecule has 4 rings (SSSR count). The third kappa shape index (κ3) is 5.59. The topological polar surface area (TPSA) is 103 Å². The SMILES string of the molecule is CC(=CCc1c(O)c2c(c3cc(-c4cc(O)cc(O)c4)oc13)CCC(C)(C)O2)CCCC(C)(C)O. The zero-order chi connectivity index (χ0) is 25.5. The summed E-state index contributed by atoms with van der Waals surface area (Å²) in [5.41, 5.74) is 2.79. The van der Waals surface area contributed by atoms with Crippen molar-refractivity contribution in [3.63, 3.8) is 0 Å². The molecule has 35 heavy (non-hydrogen) atoms. The van der Waals surface area contributed by atoms with Crippen molar-refractivity contribution in [3.8, 4) is 34.3 Å². The van der Waals surface area contributed by atoms with Gasteiger partial charge in [0.1, 0.15) is 28.4 Å². The van der Waals surface area contributed by atoms with Gasteiger partial charge in [-0.15, -0.1) is 0 Å². The maximum absolute atomic E-state index is 11.3. The third-order valence-electron chi connectivity index (χ3n) is 6.66. The van der Waals surface area contributed by atoms with Gasteiger partial charge in [0.05, 0.1) is 5.60 Å². The molecule has 0 bridgehead atoms. The fourth-order valence-electron chi connectivity index (χ4n) is 4.71. The maximum atomic E-state index is 11.3. The molecular formula is C29H36O6. The Hall–Kier alpha value is -3.12. The monoisotopic (exact) mass is 480 g/mol. The van der Waals surface area contributed by atoms with E-state index in [1.165, 1.54) is 23.8 Å². The highest BCUT2D eigenvalue weighted by atomic mass is 16.5. The van der Waals surface area contributed by atoms with Crippen LogP contribution < -0.4 is 4.74 Å². The van der Waals surface area contributed by atoms with Crippen molar-refractivity contribution in [2.75, 3.05) is 0 Å². The summed E-state index contributed by atoms with van der Waals surface area (Å²) in [6.07, 6.45) is 6.54. The van der Waals surface area contributed by atoms with E-state index in [1.54, 1.807) is 0 Å². The van der Waals surface area contributed by atoms with Crippen LogP contribution in [-0.4, -0.2) is 31.6 Å². The van der Waals surface area contributed by atoms with Gasteiger partial charge in [-0.05, 0) is 91.3 Å². The second-order valence-corrected chi connectivity index (χ2v) is 11.0. The molecule has 6 nitrogen and oxygen atoms in total. The molecule has 6 heteroatoms. The smallest absolute Gasteiger partial charge is 0.166 e. The Labute approximate surface area is 206 Å². The van der Waals surface area contributed by atoms with E-state index >= 15 is 0 Å². The van der Waals surface area contributed by atoms with Crippen molar-refractivity contribution in [3.05, 3.63) is 47.0 Å². The minimum atomic E-state index is -0.682. The molecule has 1 aromatic heterocycles. The van der Waals surface area contributed by atoms with Crippen LogP contribution in [0.1, 0.15) is 71.4 Å². The van der Waals surface area contributed by atoms with Crippen molar-refractivity contribution in [1.29, 1.82) is 0 Å².